The molecule has 0 amide bonds. The van der Waals surface area contributed by atoms with Crippen LogP contribution in [0.1, 0.15) is 258 Å². The van der Waals surface area contributed by atoms with Crippen LogP contribution in [-0.2, 0) is 0 Å². The number of phenolic OH excluding ortho intramolecular Hbond substituents is 1. The normalized spacial score (nSPS) is 13.0. The van der Waals surface area contributed by atoms with Crippen LogP contribution < -0.4 is 85.6 Å². The van der Waals surface area contributed by atoms with E-state index in [1.807, 2.05) is 261 Å². The maximum absolute atomic E-state index is 13.3. The molecule has 0 bridgehead atoms. The van der Waals surface area contributed by atoms with Gasteiger partial charge in [-0.1, -0.05) is 109 Å². The van der Waals surface area contributed by atoms with Crippen molar-refractivity contribution in [3.8, 4) is 97.7 Å². The van der Waals surface area contributed by atoms with Crippen molar-refractivity contribution in [3.63, 3.8) is 0 Å². The van der Waals surface area contributed by atoms with Gasteiger partial charge in [-0.3, -0.25) is 28.8 Å². The van der Waals surface area contributed by atoms with Gasteiger partial charge in [0.1, 0.15) is 80.3 Å². The van der Waals surface area contributed by atoms with Gasteiger partial charge in [0.05, 0.1) is 129 Å². The Morgan fingerprint density at radius 3 is 0.946 bits per heavy atom. The Morgan fingerprint density at radius 2 is 0.597 bits per heavy atom. The molecule has 1 N–H and O–H groups in total. The van der Waals surface area contributed by atoms with Crippen LogP contribution in [0.4, 0.5) is 11.4 Å². The Kier molecular flexibility index (Phi) is 44.7. The van der Waals surface area contributed by atoms with Gasteiger partial charge in [-0.05, 0) is 275 Å². The van der Waals surface area contributed by atoms with Gasteiger partial charge in [-0.25, -0.2) is 0 Å². The zero-order valence-corrected chi connectivity index (χ0v) is 92.1. The van der Waals surface area contributed by atoms with E-state index in [0.717, 1.165) is 138 Å². The SMILES string of the molecule is CCOc1ccc(C(=O)C(C)c2ccc(C)c(OC)c2)c(OC)c1.COc1cc(C(C)C(=O)c2ccc(O)cc2C)ccc1C.COc1cc(C(C)C(=O)c2ccc(OC3CCCCC3)cc2C)ccc1C.COc1ccc(C(=O)C(C)c2ccc(C)c(OC)c2)c(OC)c1.COc1ccc(C(C)C(=O)c2c(OC)cc(N(C)C)cc2OC)cc1OC.COc1ccc(C(C)C(=O)c2ccc(N3CCCC3)cc2OC)cc1OC. The Morgan fingerprint density at radius 1 is 0.289 bits per heavy atom. The van der Waals surface area contributed by atoms with Gasteiger partial charge in [-0.15, -0.1) is 0 Å². The topological polar surface area (TPSA) is 277 Å². The maximum atomic E-state index is 13.3. The van der Waals surface area contributed by atoms with Gasteiger partial charge >= 0.3 is 0 Å². The number of ether oxygens (including phenoxy) is 16. The number of nitrogens with zero attached hydrogens (tertiary/aromatic N) is 2. The van der Waals surface area contributed by atoms with Crippen LogP contribution in [0.25, 0.3) is 0 Å². The quantitative estimate of drug-likeness (QED) is 0.0352. The summed E-state index contributed by atoms with van der Waals surface area (Å²) in [5.74, 6) is 8.92. The van der Waals surface area contributed by atoms with E-state index in [0.29, 0.717) is 104 Å². The van der Waals surface area contributed by atoms with Crippen molar-refractivity contribution >= 4 is 46.1 Å². The first-order chi connectivity index (χ1) is 71.4. The van der Waals surface area contributed by atoms with Gasteiger partial charge in [0.25, 0.3) is 0 Å². The van der Waals surface area contributed by atoms with Crippen molar-refractivity contribution in [1.29, 1.82) is 0 Å². The molecule has 1 heterocycles. The third-order valence-electron chi connectivity index (χ3n) is 27.3. The molecule has 2 aliphatic rings. The van der Waals surface area contributed by atoms with Gasteiger partial charge in [0.15, 0.2) is 57.7 Å². The van der Waals surface area contributed by atoms with E-state index in [9.17, 15) is 33.9 Å². The fourth-order valence-corrected chi connectivity index (χ4v) is 17.8. The molecule has 12 aromatic rings. The Balaban J connectivity index is 0.000000199. The first kappa shape index (κ1) is 117. The summed E-state index contributed by atoms with van der Waals surface area (Å²) in [4.78, 5) is 82.2. The number of rotatable bonds is 38. The molecule has 14 rings (SSSR count). The molecular weight excluding hydrogens is 1890 g/mol. The molecule has 0 radical (unpaired) electrons. The minimum atomic E-state index is -0.419. The summed E-state index contributed by atoms with van der Waals surface area (Å²) in [5, 5.41) is 9.45. The van der Waals surface area contributed by atoms with Crippen LogP contribution in [0, 0.1) is 41.5 Å². The van der Waals surface area contributed by atoms with Crippen molar-refractivity contribution in [2.24, 2.45) is 0 Å². The number of carbonyl (C=O) groups is 6. The molecule has 149 heavy (non-hydrogen) atoms. The first-order valence-electron chi connectivity index (χ1n) is 50.2. The second-order valence-corrected chi connectivity index (χ2v) is 37.1. The molecular formula is C124H150N2O23. The third-order valence-corrected chi connectivity index (χ3v) is 27.3. The number of anilines is 2. The number of phenols is 1. The van der Waals surface area contributed by atoms with Crippen molar-refractivity contribution in [2.45, 2.75) is 177 Å². The Labute approximate surface area is 880 Å². The van der Waals surface area contributed by atoms with E-state index in [1.165, 1.54) is 32.1 Å². The van der Waals surface area contributed by atoms with E-state index in [1.54, 1.807) is 160 Å². The molecule has 1 aliphatic carbocycles. The van der Waals surface area contributed by atoms with Crippen molar-refractivity contribution < 1.29 is 110 Å². The molecule has 0 aromatic heterocycles. The number of hydrogen-bond acceptors (Lipinski definition) is 25. The lowest BCUT2D eigenvalue weighted by molar-refractivity contribution is 0.0952. The zero-order valence-electron chi connectivity index (χ0n) is 92.1. The van der Waals surface area contributed by atoms with Crippen LogP contribution >= 0.6 is 0 Å². The van der Waals surface area contributed by atoms with Crippen LogP contribution in [0.15, 0.2) is 212 Å². The highest BCUT2D eigenvalue weighted by Crippen LogP contribution is 2.43. The molecule has 12 aromatic carbocycles. The first-order valence-corrected chi connectivity index (χ1v) is 50.2. The van der Waals surface area contributed by atoms with Crippen molar-refractivity contribution in [1.82, 2.24) is 0 Å². The number of carbonyl (C=O) groups excluding carboxylic acids is 6. The molecule has 0 spiro atoms. The summed E-state index contributed by atoms with van der Waals surface area (Å²) in [6.07, 6.45) is 8.80. The standard InChI is InChI=1S/C24H30O3.C22H27NO4.C21H27NO5.C20H24O4.C19H22O4.C18H20O3/c1-16-10-11-19(15-23(16)26-4)18(3)24(25)22-13-12-21(14-17(22)2)27-20-8-6-5-7-9-20;1-15(16-7-10-19(25-2)21(13-16)27-4)22(24)18-9-8-17(14-20(18)26-3)23-11-5-6-12-23;1-13(14-8-9-16(24-4)17(10-14)25-5)21(23)20-18(26-6)11-15(22(2)3)12-19(20)27-7;1-6-24-16-9-10-17(19(12-16)23-5)20(21)14(3)15-8-7-13(2)18(11-15)22-4;1-12-6-7-14(10-17(12)22-4)13(2)19(20)16-9-8-15(21-3)11-18(16)23-5;1-11-5-6-14(10-17(11)21-4)13(3)18(20)16-8-7-15(19)9-12(16)2/h10-15,18,20H,5-9H2,1-4H3;7-10,13-15H,5-6,11-12H2,1-4H3;8-13H,1-7H3;7-12,14H,6H2,1-5H3;6-11,13H,1-5H3;5-10,13,19H,1-4H3. The molecule has 794 valence electrons. The molecule has 6 atom stereocenters. The Bertz CT molecular complexity index is 6520. The van der Waals surface area contributed by atoms with E-state index in [-0.39, 0.29) is 70.0 Å². The largest absolute Gasteiger partial charge is 0.508 e. The molecule has 1 saturated heterocycles. The molecule has 6 unspecified atom stereocenters. The maximum Gasteiger partial charge on any atom is 0.177 e. The number of aryl methyl sites for hydroxylation is 6. The number of benzene rings is 12. The van der Waals surface area contributed by atoms with Gasteiger partial charge in [-0.2, -0.15) is 0 Å². The smallest absolute Gasteiger partial charge is 0.177 e. The highest BCUT2D eigenvalue weighted by Gasteiger charge is 2.32. The number of methoxy groups -OCH3 is 14. The highest BCUT2D eigenvalue weighted by atomic mass is 16.5. The van der Waals surface area contributed by atoms with Gasteiger partial charge in [0, 0.05) is 116 Å². The number of aromatic hydroxyl groups is 1. The lowest BCUT2D eigenvalue weighted by Crippen LogP contribution is -2.19. The second kappa shape index (κ2) is 56.7. The number of Topliss-reactive ketones (excluding diaryl/α,β-unsaturated/α-hetero) is 6. The van der Waals surface area contributed by atoms with Crippen molar-refractivity contribution in [2.75, 3.05) is 143 Å². The summed E-state index contributed by atoms with van der Waals surface area (Å²) in [7, 11) is 26.1. The van der Waals surface area contributed by atoms with E-state index in [4.69, 9.17) is 75.8 Å². The molecule has 1 saturated carbocycles. The Hall–Kier alpha value is -15.1. The molecule has 25 nitrogen and oxygen atoms in total. The highest BCUT2D eigenvalue weighted by molar-refractivity contribution is 6.07. The van der Waals surface area contributed by atoms with Crippen molar-refractivity contribution in [3.05, 3.63) is 312 Å². The molecule has 2 fully saturated rings. The number of ketones is 6. The average Bonchev–Trinajstić information content (AvgIpc) is 1.10. The minimum absolute atomic E-state index is 0.000745. The summed E-state index contributed by atoms with van der Waals surface area (Å²) in [5.41, 5.74) is 16.9. The summed E-state index contributed by atoms with van der Waals surface area (Å²) in [6.45, 7) is 27.7. The monoisotopic (exact) mass is 2040 g/mol. The fraction of sp³-hybridized carbons (Fsp3) is 0.371. The van der Waals surface area contributed by atoms with Gasteiger partial charge in [0.2, 0.25) is 0 Å². The molecule has 1 aliphatic heterocycles. The average molecular weight is 2040 g/mol. The van der Waals surface area contributed by atoms with E-state index < -0.39 is 5.92 Å². The summed E-state index contributed by atoms with van der Waals surface area (Å²) >= 11 is 0. The van der Waals surface area contributed by atoms with E-state index in [2.05, 4.69) is 4.90 Å². The lowest BCUT2D eigenvalue weighted by Gasteiger charge is -2.23. The molecule has 25 heteroatoms. The third kappa shape index (κ3) is 30.3. The minimum Gasteiger partial charge on any atom is -0.508 e. The van der Waals surface area contributed by atoms with Crippen LogP contribution in [0.3, 0.4) is 0 Å². The number of hydrogen-bond donors (Lipinski definition) is 1. The fourth-order valence-electron chi connectivity index (χ4n) is 17.8. The van der Waals surface area contributed by atoms with Crippen LogP contribution in [0.5, 0.6) is 97.7 Å². The zero-order chi connectivity index (χ0) is 109. The summed E-state index contributed by atoms with van der Waals surface area (Å²) in [6, 6.07) is 65.3. The predicted molar refractivity (Wildman–Crippen MR) is 590 cm³/mol. The second-order valence-electron chi connectivity index (χ2n) is 37.1. The van der Waals surface area contributed by atoms with E-state index >= 15 is 0 Å². The van der Waals surface area contributed by atoms with Crippen LogP contribution in [-0.4, -0.2) is 179 Å². The van der Waals surface area contributed by atoms with Gasteiger partial charge < -0.3 is 90.7 Å². The predicted octanol–water partition coefficient (Wildman–Crippen LogP) is 26.5. The van der Waals surface area contributed by atoms with Crippen LogP contribution in [0.2, 0.25) is 0 Å². The summed E-state index contributed by atoms with van der Waals surface area (Å²) < 4.78 is 86.7. The lowest BCUT2D eigenvalue weighted by atomic mass is 9.89.